The van der Waals surface area contributed by atoms with Crippen LogP contribution in [0.2, 0.25) is 0 Å². The lowest BCUT2D eigenvalue weighted by Crippen LogP contribution is -2.17. The van der Waals surface area contributed by atoms with E-state index in [1.54, 1.807) is 31.0 Å². The van der Waals surface area contributed by atoms with Crippen molar-refractivity contribution in [2.45, 2.75) is 25.6 Å². The van der Waals surface area contributed by atoms with Gasteiger partial charge in [0.1, 0.15) is 22.7 Å². The summed E-state index contributed by atoms with van der Waals surface area (Å²) < 4.78 is 40.1. The number of hydrogen-bond acceptors (Lipinski definition) is 6. The normalized spacial score (nSPS) is 13.0. The minimum absolute atomic E-state index is 0.141. The first-order valence-electron chi connectivity index (χ1n) is 9.26. The molecular weight excluding hydrogens is 413 g/mol. The number of H-pyrrole nitrogens is 1. The second kappa shape index (κ2) is 7.58. The molecule has 8 nitrogen and oxygen atoms in total. The summed E-state index contributed by atoms with van der Waals surface area (Å²) in [7, 11) is 1.72. The van der Waals surface area contributed by atoms with Gasteiger partial charge in [-0.3, -0.25) is 14.5 Å². The van der Waals surface area contributed by atoms with E-state index >= 15 is 0 Å². The van der Waals surface area contributed by atoms with E-state index in [0.29, 0.717) is 28.2 Å². The third-order valence-corrected chi connectivity index (χ3v) is 4.56. The van der Waals surface area contributed by atoms with Crippen molar-refractivity contribution in [3.63, 3.8) is 0 Å². The Labute approximate surface area is 173 Å². The van der Waals surface area contributed by atoms with Gasteiger partial charge in [0.15, 0.2) is 0 Å². The molecule has 4 rings (SSSR count). The maximum Gasteiger partial charge on any atom is 0.433 e. The number of aromatic amines is 1. The highest BCUT2D eigenvalue weighted by molar-refractivity contribution is 5.93. The Kier molecular flexibility index (Phi) is 5.05. The van der Waals surface area contributed by atoms with Gasteiger partial charge in [-0.15, -0.1) is 0 Å². The van der Waals surface area contributed by atoms with Crippen molar-refractivity contribution in [1.29, 1.82) is 0 Å². The molecule has 160 valence electrons. The second-order valence-electron chi connectivity index (χ2n) is 7.15. The Morgan fingerprint density at radius 2 is 1.97 bits per heavy atom. The van der Waals surface area contributed by atoms with Crippen molar-refractivity contribution in [2.75, 3.05) is 0 Å². The van der Waals surface area contributed by atoms with Crippen LogP contribution in [-0.4, -0.2) is 40.9 Å². The fourth-order valence-electron chi connectivity index (χ4n) is 3.17. The van der Waals surface area contributed by atoms with Gasteiger partial charge in [-0.1, -0.05) is 0 Å². The number of aliphatic hydroxyl groups excluding tert-OH is 1. The van der Waals surface area contributed by atoms with Crippen LogP contribution in [0.1, 0.15) is 18.4 Å². The van der Waals surface area contributed by atoms with Crippen molar-refractivity contribution in [2.24, 2.45) is 7.05 Å². The van der Waals surface area contributed by atoms with Crippen LogP contribution in [0.15, 0.2) is 41.6 Å². The number of nitrogens with one attached hydrogen (secondary N) is 1. The van der Waals surface area contributed by atoms with Crippen LogP contribution in [0.4, 0.5) is 13.2 Å². The topological polar surface area (TPSA) is 110 Å². The Hall–Kier alpha value is -3.60. The molecule has 0 fully saturated rings. The van der Waals surface area contributed by atoms with Crippen molar-refractivity contribution < 1.29 is 18.3 Å². The van der Waals surface area contributed by atoms with E-state index in [1.807, 2.05) is 0 Å². The van der Waals surface area contributed by atoms with Gasteiger partial charge < -0.3 is 10.1 Å². The predicted octanol–water partition coefficient (Wildman–Crippen LogP) is 2.72. The Bertz CT molecular complexity index is 1310. The molecular formula is C20H17F3N6O2. The van der Waals surface area contributed by atoms with Gasteiger partial charge in [0.05, 0.1) is 23.4 Å². The van der Waals surface area contributed by atoms with Crippen molar-refractivity contribution in [1.82, 2.24) is 29.7 Å². The first-order chi connectivity index (χ1) is 14.6. The van der Waals surface area contributed by atoms with Crippen LogP contribution in [0.3, 0.4) is 0 Å². The number of alkyl halides is 3. The van der Waals surface area contributed by atoms with Gasteiger partial charge in [-0.2, -0.15) is 18.3 Å². The summed E-state index contributed by atoms with van der Waals surface area (Å²) in [5, 5.41) is 14.0. The molecule has 2 N–H and O–H groups in total. The molecule has 0 aliphatic heterocycles. The molecule has 0 aliphatic carbocycles. The molecule has 11 heteroatoms. The lowest BCUT2D eigenvalue weighted by atomic mass is 10.1. The predicted molar refractivity (Wildman–Crippen MR) is 106 cm³/mol. The third-order valence-electron chi connectivity index (χ3n) is 4.56. The molecule has 1 unspecified atom stereocenters. The molecule has 0 bridgehead atoms. The largest absolute Gasteiger partial charge is 0.433 e. The zero-order valence-corrected chi connectivity index (χ0v) is 16.5. The molecule has 0 amide bonds. The van der Waals surface area contributed by atoms with E-state index in [1.165, 1.54) is 12.1 Å². The monoisotopic (exact) mass is 430 g/mol. The van der Waals surface area contributed by atoms with E-state index in [2.05, 4.69) is 25.0 Å². The molecule has 0 aromatic carbocycles. The number of halogens is 3. The number of hydrogen-bond donors (Lipinski definition) is 2. The van der Waals surface area contributed by atoms with Crippen molar-refractivity contribution in [3.05, 3.63) is 58.7 Å². The maximum absolute atomic E-state index is 12.8. The fourth-order valence-corrected chi connectivity index (χ4v) is 3.17. The van der Waals surface area contributed by atoms with Gasteiger partial charge in [0.2, 0.25) is 0 Å². The summed E-state index contributed by atoms with van der Waals surface area (Å²) in [6.45, 7) is 1.57. The van der Waals surface area contributed by atoms with Crippen LogP contribution >= 0.6 is 0 Å². The van der Waals surface area contributed by atoms with Crippen molar-refractivity contribution >= 4 is 10.9 Å². The van der Waals surface area contributed by atoms with Gasteiger partial charge in [-0.25, -0.2) is 9.97 Å². The lowest BCUT2D eigenvalue weighted by Gasteiger charge is -2.11. The summed E-state index contributed by atoms with van der Waals surface area (Å²) in [5.41, 5.74) is 0.335. The molecule has 0 aliphatic rings. The van der Waals surface area contributed by atoms with Gasteiger partial charge in [0, 0.05) is 37.0 Å². The standard InChI is InChI=1S/C20H17F3N6O2/c1-10(30)5-16-27-18-13(19(31)28-16)6-14(26-17(18)12-8-25-29(2)9-12)11-3-4-15(24-7-11)20(21,22)23/h3-4,6-10,30H,5H2,1-2H3,(H,27,28,31). The molecule has 4 heterocycles. The zero-order valence-electron chi connectivity index (χ0n) is 16.5. The summed E-state index contributed by atoms with van der Waals surface area (Å²) in [6.07, 6.45) is -0.831. The number of rotatable bonds is 4. The fraction of sp³-hybridized carbons (Fsp3) is 0.250. The lowest BCUT2D eigenvalue weighted by molar-refractivity contribution is -0.141. The number of pyridine rings is 2. The van der Waals surface area contributed by atoms with E-state index in [4.69, 9.17) is 0 Å². The van der Waals surface area contributed by atoms with E-state index in [-0.39, 0.29) is 17.5 Å². The number of fused-ring (bicyclic) bond motifs is 1. The number of aryl methyl sites for hydroxylation is 1. The van der Waals surface area contributed by atoms with Crippen LogP contribution in [0, 0.1) is 0 Å². The Morgan fingerprint density at radius 3 is 2.55 bits per heavy atom. The molecule has 4 aromatic heterocycles. The van der Waals surface area contributed by atoms with E-state index < -0.39 is 23.5 Å². The summed E-state index contributed by atoms with van der Waals surface area (Å²) in [6, 6.07) is 3.57. The average Bonchev–Trinajstić information content (AvgIpc) is 3.12. The highest BCUT2D eigenvalue weighted by atomic mass is 19.4. The summed E-state index contributed by atoms with van der Waals surface area (Å²) in [5.74, 6) is 0.295. The van der Waals surface area contributed by atoms with Crippen molar-refractivity contribution in [3.8, 4) is 22.5 Å². The summed E-state index contributed by atoms with van der Waals surface area (Å²) in [4.78, 5) is 27.9. The van der Waals surface area contributed by atoms with Gasteiger partial charge >= 0.3 is 6.18 Å². The molecule has 0 saturated heterocycles. The smallest absolute Gasteiger partial charge is 0.393 e. The third kappa shape index (κ3) is 4.17. The van der Waals surface area contributed by atoms with E-state index in [9.17, 15) is 23.1 Å². The maximum atomic E-state index is 12.8. The average molecular weight is 430 g/mol. The minimum Gasteiger partial charge on any atom is -0.393 e. The molecule has 0 radical (unpaired) electrons. The molecule has 0 saturated carbocycles. The number of aromatic nitrogens is 6. The molecule has 4 aromatic rings. The van der Waals surface area contributed by atoms with Crippen LogP contribution < -0.4 is 5.56 Å². The van der Waals surface area contributed by atoms with E-state index in [0.717, 1.165) is 12.3 Å². The first kappa shape index (κ1) is 20.7. The SMILES string of the molecule is CC(O)Cc1nc2c(-c3cnn(C)c3)nc(-c3ccc(C(F)(F)F)nc3)cc2c(=O)[nH]1. The zero-order chi connectivity index (χ0) is 22.3. The van der Waals surface area contributed by atoms with Crippen LogP contribution in [0.25, 0.3) is 33.4 Å². The number of aliphatic hydroxyl groups is 1. The van der Waals surface area contributed by atoms with Gasteiger partial charge in [-0.05, 0) is 25.1 Å². The highest BCUT2D eigenvalue weighted by Gasteiger charge is 2.32. The summed E-state index contributed by atoms with van der Waals surface area (Å²) >= 11 is 0. The number of nitrogens with zero attached hydrogens (tertiary/aromatic N) is 5. The second-order valence-corrected chi connectivity index (χ2v) is 7.15. The Morgan fingerprint density at radius 1 is 1.19 bits per heavy atom. The first-order valence-corrected chi connectivity index (χ1v) is 9.26. The van der Waals surface area contributed by atoms with Crippen LogP contribution in [-0.2, 0) is 19.6 Å². The van der Waals surface area contributed by atoms with Crippen LogP contribution in [0.5, 0.6) is 0 Å². The highest BCUT2D eigenvalue weighted by Crippen LogP contribution is 2.31. The Balaban J connectivity index is 1.94. The minimum atomic E-state index is -4.56. The van der Waals surface area contributed by atoms with Gasteiger partial charge in [0.25, 0.3) is 5.56 Å². The quantitative estimate of drug-likeness (QED) is 0.515. The molecule has 0 spiro atoms. The molecule has 1 atom stereocenters. The molecule has 31 heavy (non-hydrogen) atoms.